The summed E-state index contributed by atoms with van der Waals surface area (Å²) >= 11 is 0. The standard InChI is InChI=1S/C16H20N6/c1-2-12-13(10-20-15(12)18-6-1)14-5-9-19-16(22-14)21-11-3-7-17-8-4-11/h1-2,5-6,9,11,13,17H,3-4,7-8,10H2,(H,18,20)(H,19,21,22). The van der Waals surface area contributed by atoms with E-state index in [4.69, 9.17) is 4.98 Å². The maximum Gasteiger partial charge on any atom is 0.223 e. The van der Waals surface area contributed by atoms with Crippen molar-refractivity contribution in [1.29, 1.82) is 0 Å². The van der Waals surface area contributed by atoms with E-state index in [1.165, 1.54) is 5.56 Å². The second kappa shape index (κ2) is 5.88. The van der Waals surface area contributed by atoms with Crippen LogP contribution < -0.4 is 16.0 Å². The normalized spacial score (nSPS) is 21.2. The Bertz CT molecular complexity index is 653. The third-order valence-electron chi connectivity index (χ3n) is 4.39. The predicted molar refractivity (Wildman–Crippen MR) is 86.1 cm³/mol. The lowest BCUT2D eigenvalue weighted by molar-refractivity contribution is 0.477. The van der Waals surface area contributed by atoms with Gasteiger partial charge in [-0.2, -0.15) is 0 Å². The van der Waals surface area contributed by atoms with Crippen molar-refractivity contribution in [1.82, 2.24) is 20.3 Å². The molecular formula is C16H20N6. The molecule has 6 nitrogen and oxygen atoms in total. The van der Waals surface area contributed by atoms with Gasteiger partial charge in [0.05, 0.1) is 5.69 Å². The van der Waals surface area contributed by atoms with Gasteiger partial charge in [0, 0.05) is 36.5 Å². The highest BCUT2D eigenvalue weighted by molar-refractivity contribution is 5.54. The fraction of sp³-hybridized carbons (Fsp3) is 0.438. The Morgan fingerprint density at radius 2 is 2.00 bits per heavy atom. The molecule has 2 aliphatic rings. The minimum atomic E-state index is 0.250. The molecule has 0 bridgehead atoms. The van der Waals surface area contributed by atoms with E-state index in [2.05, 4.69) is 32.0 Å². The van der Waals surface area contributed by atoms with Crippen molar-refractivity contribution in [2.45, 2.75) is 24.8 Å². The van der Waals surface area contributed by atoms with Gasteiger partial charge in [-0.25, -0.2) is 15.0 Å². The molecule has 0 spiro atoms. The van der Waals surface area contributed by atoms with Crippen molar-refractivity contribution in [3.05, 3.63) is 41.9 Å². The first-order valence-corrected chi connectivity index (χ1v) is 7.89. The van der Waals surface area contributed by atoms with Crippen LogP contribution >= 0.6 is 0 Å². The molecule has 22 heavy (non-hydrogen) atoms. The maximum atomic E-state index is 4.74. The summed E-state index contributed by atoms with van der Waals surface area (Å²) in [4.78, 5) is 13.5. The highest BCUT2D eigenvalue weighted by Crippen LogP contribution is 2.33. The SMILES string of the molecule is c1cnc2c(c1)C(c1ccnc(NC3CCNCC3)n1)CN2. The number of hydrogen-bond donors (Lipinski definition) is 3. The molecule has 1 saturated heterocycles. The third-order valence-corrected chi connectivity index (χ3v) is 4.39. The molecule has 6 heteroatoms. The first kappa shape index (κ1) is 13.5. The van der Waals surface area contributed by atoms with Crippen molar-refractivity contribution in [2.24, 2.45) is 0 Å². The van der Waals surface area contributed by atoms with Crippen LogP contribution in [0.1, 0.15) is 30.0 Å². The van der Waals surface area contributed by atoms with Crippen LogP contribution in [0.4, 0.5) is 11.8 Å². The van der Waals surface area contributed by atoms with Gasteiger partial charge in [-0.1, -0.05) is 6.07 Å². The lowest BCUT2D eigenvalue weighted by atomic mass is 9.99. The number of anilines is 2. The van der Waals surface area contributed by atoms with Crippen LogP contribution in [-0.2, 0) is 0 Å². The largest absolute Gasteiger partial charge is 0.369 e. The molecule has 2 aliphatic heterocycles. The minimum absolute atomic E-state index is 0.250. The Morgan fingerprint density at radius 1 is 1.09 bits per heavy atom. The zero-order chi connectivity index (χ0) is 14.8. The van der Waals surface area contributed by atoms with Gasteiger partial charge in [0.1, 0.15) is 5.82 Å². The number of rotatable bonds is 3. The molecule has 0 amide bonds. The number of nitrogens with one attached hydrogen (secondary N) is 3. The van der Waals surface area contributed by atoms with Crippen LogP contribution in [0.25, 0.3) is 0 Å². The van der Waals surface area contributed by atoms with Crippen molar-refractivity contribution in [3.63, 3.8) is 0 Å². The number of aromatic nitrogens is 3. The maximum absolute atomic E-state index is 4.74. The van der Waals surface area contributed by atoms with Gasteiger partial charge in [-0.05, 0) is 38.1 Å². The molecule has 2 aromatic heterocycles. The van der Waals surface area contributed by atoms with E-state index >= 15 is 0 Å². The summed E-state index contributed by atoms with van der Waals surface area (Å²) in [6, 6.07) is 6.57. The Kier molecular flexibility index (Phi) is 3.60. The van der Waals surface area contributed by atoms with Gasteiger partial charge in [0.25, 0.3) is 0 Å². The predicted octanol–water partition coefficient (Wildman–Crippen LogP) is 1.59. The van der Waals surface area contributed by atoms with Crippen LogP contribution in [0.2, 0.25) is 0 Å². The molecule has 0 aliphatic carbocycles. The van der Waals surface area contributed by atoms with Gasteiger partial charge < -0.3 is 16.0 Å². The fourth-order valence-corrected chi connectivity index (χ4v) is 3.20. The third kappa shape index (κ3) is 2.62. The smallest absolute Gasteiger partial charge is 0.223 e. The topological polar surface area (TPSA) is 74.8 Å². The van der Waals surface area contributed by atoms with E-state index in [1.54, 1.807) is 0 Å². The van der Waals surface area contributed by atoms with Crippen LogP contribution in [0.15, 0.2) is 30.6 Å². The summed E-state index contributed by atoms with van der Waals surface area (Å²) in [5, 5.41) is 10.2. The molecule has 1 atom stereocenters. The fourth-order valence-electron chi connectivity index (χ4n) is 3.20. The van der Waals surface area contributed by atoms with Crippen LogP contribution in [-0.4, -0.2) is 40.6 Å². The molecule has 0 radical (unpaired) electrons. The zero-order valence-electron chi connectivity index (χ0n) is 12.4. The number of nitrogens with zero attached hydrogens (tertiary/aromatic N) is 3. The van der Waals surface area contributed by atoms with E-state index in [0.717, 1.165) is 49.9 Å². The summed E-state index contributed by atoms with van der Waals surface area (Å²) < 4.78 is 0. The molecule has 0 aromatic carbocycles. The van der Waals surface area contributed by atoms with E-state index < -0.39 is 0 Å². The number of fused-ring (bicyclic) bond motifs is 1. The second-order valence-electron chi connectivity index (χ2n) is 5.85. The van der Waals surface area contributed by atoms with Crippen molar-refractivity contribution in [3.8, 4) is 0 Å². The van der Waals surface area contributed by atoms with Gasteiger partial charge in [-0.3, -0.25) is 0 Å². The Labute approximate surface area is 129 Å². The van der Waals surface area contributed by atoms with Gasteiger partial charge >= 0.3 is 0 Å². The quantitative estimate of drug-likeness (QED) is 0.799. The zero-order valence-corrected chi connectivity index (χ0v) is 12.4. The lowest BCUT2D eigenvalue weighted by Crippen LogP contribution is -2.35. The molecule has 3 N–H and O–H groups in total. The second-order valence-corrected chi connectivity index (χ2v) is 5.85. The highest BCUT2D eigenvalue weighted by Gasteiger charge is 2.26. The van der Waals surface area contributed by atoms with Crippen LogP contribution in [0, 0.1) is 0 Å². The number of piperidine rings is 1. The molecule has 4 rings (SSSR count). The van der Waals surface area contributed by atoms with Gasteiger partial charge in [-0.15, -0.1) is 0 Å². The van der Waals surface area contributed by atoms with Crippen molar-refractivity contribution >= 4 is 11.8 Å². The van der Waals surface area contributed by atoms with E-state index in [-0.39, 0.29) is 5.92 Å². The Morgan fingerprint density at radius 3 is 2.91 bits per heavy atom. The summed E-state index contributed by atoms with van der Waals surface area (Å²) in [5.41, 5.74) is 2.26. The lowest BCUT2D eigenvalue weighted by Gasteiger charge is -2.23. The molecule has 114 valence electrons. The van der Waals surface area contributed by atoms with Crippen molar-refractivity contribution < 1.29 is 0 Å². The van der Waals surface area contributed by atoms with Crippen molar-refractivity contribution in [2.75, 3.05) is 30.3 Å². The minimum Gasteiger partial charge on any atom is -0.369 e. The molecular weight excluding hydrogens is 276 g/mol. The van der Waals surface area contributed by atoms with Crippen LogP contribution in [0.5, 0.6) is 0 Å². The Hall–Kier alpha value is -2.21. The summed E-state index contributed by atoms with van der Waals surface area (Å²) in [6.45, 7) is 2.96. The van der Waals surface area contributed by atoms with Crippen LogP contribution in [0.3, 0.4) is 0 Å². The molecule has 2 aromatic rings. The molecule has 1 fully saturated rings. The van der Waals surface area contributed by atoms with E-state index in [9.17, 15) is 0 Å². The monoisotopic (exact) mass is 296 g/mol. The van der Waals surface area contributed by atoms with E-state index in [0.29, 0.717) is 6.04 Å². The van der Waals surface area contributed by atoms with Gasteiger partial charge in [0.15, 0.2) is 0 Å². The average molecular weight is 296 g/mol. The van der Waals surface area contributed by atoms with Gasteiger partial charge in [0.2, 0.25) is 5.95 Å². The summed E-state index contributed by atoms with van der Waals surface area (Å²) in [5.74, 6) is 1.96. The molecule has 4 heterocycles. The van der Waals surface area contributed by atoms with E-state index in [1.807, 2.05) is 24.5 Å². The average Bonchev–Trinajstić information content (AvgIpc) is 3.00. The molecule has 1 unspecified atom stereocenters. The number of pyridine rings is 1. The first-order chi connectivity index (χ1) is 10.9. The first-order valence-electron chi connectivity index (χ1n) is 7.89. The highest BCUT2D eigenvalue weighted by atomic mass is 15.1. The summed E-state index contributed by atoms with van der Waals surface area (Å²) in [6.07, 6.45) is 5.90. The summed E-state index contributed by atoms with van der Waals surface area (Å²) in [7, 11) is 0. The Balaban J connectivity index is 1.55. The number of hydrogen-bond acceptors (Lipinski definition) is 6. The molecule has 0 saturated carbocycles.